The first kappa shape index (κ1) is 24.1. The van der Waals surface area contributed by atoms with Crippen LogP contribution in [0.15, 0.2) is 82.7 Å². The van der Waals surface area contributed by atoms with Crippen molar-refractivity contribution in [1.82, 2.24) is 15.0 Å². The van der Waals surface area contributed by atoms with Gasteiger partial charge in [0.15, 0.2) is 0 Å². The number of aryl methyl sites for hydroxylation is 2. The maximum Gasteiger partial charge on any atom is 0.253 e. The normalized spacial score (nSPS) is 20.3. The number of thioether (sulfide) groups is 1. The molecule has 7 heteroatoms. The summed E-state index contributed by atoms with van der Waals surface area (Å²) >= 11 is 3.16. The van der Waals surface area contributed by atoms with E-state index in [9.17, 15) is 4.79 Å². The number of carbonyl (C=O) groups is 1. The van der Waals surface area contributed by atoms with Gasteiger partial charge in [0.05, 0.1) is 17.5 Å². The van der Waals surface area contributed by atoms with Crippen LogP contribution >= 0.6 is 23.1 Å². The molecular formula is C30H28N4OS2. The minimum absolute atomic E-state index is 0.0104. The Kier molecular flexibility index (Phi) is 6.65. The molecule has 4 aromatic rings. The molecule has 0 unspecified atom stereocenters. The SMILES string of the molecule is Cc1sc2ncnc(SCC(=O)N3N=C4/C(=C\c5ccccc5)CCC[C@H]4[C@H]3c3ccccc3)c2c1C. The fourth-order valence-electron chi connectivity index (χ4n) is 5.40. The van der Waals surface area contributed by atoms with Gasteiger partial charge in [0.2, 0.25) is 0 Å². The first-order valence-corrected chi connectivity index (χ1v) is 14.5. The lowest BCUT2D eigenvalue weighted by Gasteiger charge is -2.29. The minimum Gasteiger partial charge on any atom is -0.272 e. The largest absolute Gasteiger partial charge is 0.272 e. The predicted molar refractivity (Wildman–Crippen MR) is 153 cm³/mol. The number of nitrogens with zero attached hydrogens (tertiary/aromatic N) is 4. The third-order valence-corrected chi connectivity index (χ3v) is 9.39. The Morgan fingerprint density at radius 3 is 2.62 bits per heavy atom. The van der Waals surface area contributed by atoms with E-state index in [4.69, 9.17) is 5.10 Å². The maximum atomic E-state index is 13.8. The number of hydrazone groups is 1. The molecule has 5 nitrogen and oxygen atoms in total. The molecule has 6 rings (SSSR count). The number of carbonyl (C=O) groups excluding carboxylic acids is 1. The van der Waals surface area contributed by atoms with Crippen molar-refractivity contribution >= 4 is 51.0 Å². The van der Waals surface area contributed by atoms with Crippen LogP contribution in [0.2, 0.25) is 0 Å². The standard InChI is InChI=1S/C30H28N4OS2/c1-19-20(2)37-30-26(19)29(31-18-32-30)36-17-25(35)34-28(22-12-7-4-8-13-22)24-15-9-14-23(27(24)33-34)16-21-10-5-3-6-11-21/h3-8,10-13,16,18,24,28H,9,14-15,17H2,1-2H3/b23-16-/t24-,28-/m1/s1. The van der Waals surface area contributed by atoms with E-state index in [1.807, 2.05) is 24.3 Å². The van der Waals surface area contributed by atoms with Gasteiger partial charge in [0, 0.05) is 16.2 Å². The number of rotatable bonds is 5. The maximum absolute atomic E-state index is 13.8. The van der Waals surface area contributed by atoms with E-state index in [2.05, 4.69) is 66.3 Å². The zero-order chi connectivity index (χ0) is 25.4. The lowest BCUT2D eigenvalue weighted by molar-refractivity contribution is -0.130. The summed E-state index contributed by atoms with van der Waals surface area (Å²) in [7, 11) is 0. The van der Waals surface area contributed by atoms with Crippen molar-refractivity contribution in [3.05, 3.63) is 94.1 Å². The molecule has 2 aromatic heterocycles. The quantitative estimate of drug-likeness (QED) is 0.204. The Morgan fingerprint density at radius 1 is 1.08 bits per heavy atom. The Balaban J connectivity index is 1.32. The highest BCUT2D eigenvalue weighted by atomic mass is 32.2. The average Bonchev–Trinajstić information content (AvgIpc) is 3.46. The smallest absolute Gasteiger partial charge is 0.253 e. The monoisotopic (exact) mass is 524 g/mol. The summed E-state index contributed by atoms with van der Waals surface area (Å²) in [6.45, 7) is 4.21. The number of amides is 1. The molecule has 1 fully saturated rings. The van der Waals surface area contributed by atoms with Crippen LogP contribution in [0.4, 0.5) is 0 Å². The van der Waals surface area contributed by atoms with Gasteiger partial charge in [-0.15, -0.1) is 11.3 Å². The van der Waals surface area contributed by atoms with E-state index < -0.39 is 0 Å². The lowest BCUT2D eigenvalue weighted by atomic mass is 9.77. The van der Waals surface area contributed by atoms with E-state index in [1.165, 1.54) is 33.3 Å². The zero-order valence-corrected chi connectivity index (χ0v) is 22.6. The first-order valence-electron chi connectivity index (χ1n) is 12.6. The van der Waals surface area contributed by atoms with Crippen LogP contribution in [-0.2, 0) is 4.79 Å². The molecular weight excluding hydrogens is 496 g/mol. The molecule has 1 amide bonds. The summed E-state index contributed by atoms with van der Waals surface area (Å²) in [6, 6.07) is 20.7. The van der Waals surface area contributed by atoms with Crippen LogP contribution in [0, 0.1) is 19.8 Å². The second-order valence-corrected chi connectivity index (χ2v) is 11.8. The minimum atomic E-state index is -0.0840. The number of benzene rings is 2. The van der Waals surface area contributed by atoms with Gasteiger partial charge in [-0.1, -0.05) is 72.4 Å². The molecule has 186 valence electrons. The molecule has 37 heavy (non-hydrogen) atoms. The first-order chi connectivity index (χ1) is 18.1. The van der Waals surface area contributed by atoms with Crippen molar-refractivity contribution in [2.24, 2.45) is 11.0 Å². The van der Waals surface area contributed by atoms with Crippen LogP contribution in [0.1, 0.15) is 46.9 Å². The van der Waals surface area contributed by atoms with E-state index in [0.717, 1.165) is 45.8 Å². The van der Waals surface area contributed by atoms with Crippen molar-refractivity contribution in [2.75, 3.05) is 5.75 Å². The van der Waals surface area contributed by atoms with Gasteiger partial charge in [-0.3, -0.25) is 4.79 Å². The number of hydrogen-bond acceptors (Lipinski definition) is 6. The number of thiophene rings is 1. The molecule has 2 aliphatic rings. The molecule has 2 aromatic carbocycles. The Morgan fingerprint density at radius 2 is 1.84 bits per heavy atom. The summed E-state index contributed by atoms with van der Waals surface area (Å²) in [5.41, 5.74) is 5.82. The van der Waals surface area contributed by atoms with Crippen molar-refractivity contribution in [1.29, 1.82) is 0 Å². The van der Waals surface area contributed by atoms with Crippen molar-refractivity contribution in [2.45, 2.75) is 44.2 Å². The topological polar surface area (TPSA) is 58.5 Å². The second-order valence-electron chi connectivity index (χ2n) is 9.59. The van der Waals surface area contributed by atoms with Crippen LogP contribution in [-0.4, -0.2) is 32.3 Å². The highest BCUT2D eigenvalue weighted by molar-refractivity contribution is 8.00. The summed E-state index contributed by atoms with van der Waals surface area (Å²) in [4.78, 5) is 25.0. The number of fused-ring (bicyclic) bond motifs is 2. The number of aromatic nitrogens is 2. The molecule has 0 radical (unpaired) electrons. The number of hydrogen-bond donors (Lipinski definition) is 0. The third-order valence-electron chi connectivity index (χ3n) is 7.30. The van der Waals surface area contributed by atoms with Gasteiger partial charge in [0.1, 0.15) is 16.2 Å². The van der Waals surface area contributed by atoms with Gasteiger partial charge in [-0.2, -0.15) is 5.10 Å². The molecule has 1 aliphatic carbocycles. The fraction of sp³-hybridized carbons (Fsp3) is 0.267. The van der Waals surface area contributed by atoms with E-state index in [0.29, 0.717) is 0 Å². The summed E-state index contributed by atoms with van der Waals surface area (Å²) < 4.78 is 0. The molecule has 1 saturated carbocycles. The van der Waals surface area contributed by atoms with Gasteiger partial charge >= 0.3 is 0 Å². The lowest BCUT2D eigenvalue weighted by Crippen LogP contribution is -2.32. The van der Waals surface area contributed by atoms with Gasteiger partial charge in [0.25, 0.3) is 5.91 Å². The molecule has 3 heterocycles. The summed E-state index contributed by atoms with van der Waals surface area (Å²) in [5, 5.41) is 8.72. The number of allylic oxidation sites excluding steroid dienone is 1. The van der Waals surface area contributed by atoms with E-state index in [1.54, 1.807) is 22.7 Å². The fourth-order valence-corrected chi connectivity index (χ4v) is 7.37. The molecule has 2 atom stereocenters. The Hall–Kier alpha value is -3.29. The second kappa shape index (κ2) is 10.2. The van der Waals surface area contributed by atoms with E-state index in [-0.39, 0.29) is 23.6 Å². The van der Waals surface area contributed by atoms with Gasteiger partial charge < -0.3 is 0 Å². The van der Waals surface area contributed by atoms with E-state index >= 15 is 0 Å². The van der Waals surface area contributed by atoms with Crippen LogP contribution in [0.25, 0.3) is 16.3 Å². The Labute approximate surface area is 225 Å². The molecule has 1 aliphatic heterocycles. The highest BCUT2D eigenvalue weighted by Crippen LogP contribution is 2.45. The van der Waals surface area contributed by atoms with Crippen LogP contribution in [0.5, 0.6) is 0 Å². The molecule has 0 N–H and O–H groups in total. The average molecular weight is 525 g/mol. The van der Waals surface area contributed by atoms with Gasteiger partial charge in [-0.25, -0.2) is 15.0 Å². The summed E-state index contributed by atoms with van der Waals surface area (Å²) in [6.07, 6.45) is 6.95. The van der Waals surface area contributed by atoms with Crippen LogP contribution < -0.4 is 0 Å². The molecule has 0 bridgehead atoms. The van der Waals surface area contributed by atoms with Crippen molar-refractivity contribution in [3.63, 3.8) is 0 Å². The molecule has 0 spiro atoms. The Bertz CT molecular complexity index is 1510. The third kappa shape index (κ3) is 4.62. The summed E-state index contributed by atoms with van der Waals surface area (Å²) in [5.74, 6) is 0.495. The zero-order valence-electron chi connectivity index (χ0n) is 20.9. The van der Waals surface area contributed by atoms with Crippen molar-refractivity contribution in [3.8, 4) is 0 Å². The molecule has 0 saturated heterocycles. The highest BCUT2D eigenvalue weighted by Gasteiger charge is 2.43. The van der Waals surface area contributed by atoms with Gasteiger partial charge in [-0.05, 0) is 61.4 Å². The predicted octanol–water partition coefficient (Wildman–Crippen LogP) is 7.22. The van der Waals surface area contributed by atoms with Crippen LogP contribution in [0.3, 0.4) is 0 Å². The van der Waals surface area contributed by atoms with Crippen molar-refractivity contribution < 1.29 is 4.79 Å².